The molecule has 158 valence electrons. The van der Waals surface area contributed by atoms with Gasteiger partial charge in [0.15, 0.2) is 0 Å². The van der Waals surface area contributed by atoms with Gasteiger partial charge in [-0.25, -0.2) is 4.98 Å². The number of nitrogens with zero attached hydrogens (tertiary/aromatic N) is 2. The van der Waals surface area contributed by atoms with Gasteiger partial charge in [0.2, 0.25) is 11.2 Å². The maximum absolute atomic E-state index is 6.39. The smallest absolute Gasteiger partial charge is 0.227 e. The van der Waals surface area contributed by atoms with E-state index in [4.69, 9.17) is 25.7 Å². The molecule has 7 rings (SSSR count). The van der Waals surface area contributed by atoms with Gasteiger partial charge in [0, 0.05) is 16.3 Å². The molecule has 1 aliphatic heterocycles. The predicted molar refractivity (Wildman–Crippen MR) is 130 cm³/mol. The van der Waals surface area contributed by atoms with Gasteiger partial charge in [-0.15, -0.1) is 0 Å². The Labute approximate surface area is 194 Å². The second-order valence-corrected chi connectivity index (χ2v) is 8.64. The van der Waals surface area contributed by atoms with Crippen molar-refractivity contribution < 1.29 is 9.15 Å². The van der Waals surface area contributed by atoms with E-state index in [0.717, 1.165) is 56.5 Å². The normalized spacial score (nSPS) is 16.8. The van der Waals surface area contributed by atoms with Crippen LogP contribution in [-0.2, 0) is 0 Å². The van der Waals surface area contributed by atoms with Gasteiger partial charge >= 0.3 is 0 Å². The highest BCUT2D eigenvalue weighted by Gasteiger charge is 2.37. The van der Waals surface area contributed by atoms with Gasteiger partial charge in [-0.05, 0) is 47.4 Å². The SMILES string of the molecule is Clc1nc2c(c(-c3cccc4oc5ccccc5c34)n1)C1CC=C(c3ccccc3)C=C1O2. The molecule has 0 bridgehead atoms. The van der Waals surface area contributed by atoms with Gasteiger partial charge in [0.05, 0.1) is 17.2 Å². The quantitative estimate of drug-likeness (QED) is 0.262. The van der Waals surface area contributed by atoms with Crippen LogP contribution in [0.15, 0.2) is 95.1 Å². The zero-order valence-electron chi connectivity index (χ0n) is 17.5. The minimum Gasteiger partial charge on any atom is -0.456 e. The van der Waals surface area contributed by atoms with Gasteiger partial charge in [0.25, 0.3) is 0 Å². The number of fused-ring (bicyclic) bond motifs is 6. The van der Waals surface area contributed by atoms with Crippen LogP contribution in [0.5, 0.6) is 5.88 Å². The molecule has 0 spiro atoms. The molecule has 33 heavy (non-hydrogen) atoms. The van der Waals surface area contributed by atoms with Crippen LogP contribution in [0, 0.1) is 0 Å². The molecule has 5 heteroatoms. The lowest BCUT2D eigenvalue weighted by atomic mass is 9.86. The Morgan fingerprint density at radius 2 is 1.67 bits per heavy atom. The molecule has 3 heterocycles. The van der Waals surface area contributed by atoms with Crippen LogP contribution in [0.4, 0.5) is 0 Å². The van der Waals surface area contributed by atoms with Crippen molar-refractivity contribution in [3.63, 3.8) is 0 Å². The summed E-state index contributed by atoms with van der Waals surface area (Å²) >= 11 is 6.39. The third-order valence-electron chi connectivity index (χ3n) is 6.43. The van der Waals surface area contributed by atoms with E-state index < -0.39 is 0 Å². The predicted octanol–water partition coefficient (Wildman–Crippen LogP) is 7.54. The number of hydrogen-bond donors (Lipinski definition) is 0. The Kier molecular flexibility index (Phi) is 3.99. The first-order valence-electron chi connectivity index (χ1n) is 10.9. The summed E-state index contributed by atoms with van der Waals surface area (Å²) in [7, 11) is 0. The van der Waals surface area contributed by atoms with Crippen molar-refractivity contribution in [3.05, 3.63) is 107 Å². The summed E-state index contributed by atoms with van der Waals surface area (Å²) in [4.78, 5) is 9.14. The third-order valence-corrected chi connectivity index (χ3v) is 6.59. The number of para-hydroxylation sites is 1. The highest BCUT2D eigenvalue weighted by molar-refractivity contribution is 6.28. The summed E-state index contributed by atoms with van der Waals surface area (Å²) < 4.78 is 12.4. The Balaban J connectivity index is 1.42. The lowest BCUT2D eigenvalue weighted by Gasteiger charge is -2.17. The van der Waals surface area contributed by atoms with Crippen molar-refractivity contribution in [1.82, 2.24) is 9.97 Å². The number of allylic oxidation sites excluding steroid dienone is 4. The minimum absolute atomic E-state index is 0.0492. The van der Waals surface area contributed by atoms with E-state index in [9.17, 15) is 0 Å². The maximum Gasteiger partial charge on any atom is 0.227 e. The molecule has 0 N–H and O–H groups in total. The molecule has 0 saturated carbocycles. The molecule has 0 fully saturated rings. The number of hydrogen-bond acceptors (Lipinski definition) is 4. The summed E-state index contributed by atoms with van der Waals surface area (Å²) in [5, 5.41) is 2.25. The van der Waals surface area contributed by atoms with Crippen molar-refractivity contribution in [2.75, 3.05) is 0 Å². The second kappa shape index (κ2) is 7.06. The molecular weight excluding hydrogens is 432 g/mol. The molecule has 3 aromatic carbocycles. The lowest BCUT2D eigenvalue weighted by Crippen LogP contribution is -2.04. The number of furan rings is 1. The van der Waals surface area contributed by atoms with Crippen molar-refractivity contribution in [2.45, 2.75) is 12.3 Å². The number of benzene rings is 3. The van der Waals surface area contributed by atoms with Crippen LogP contribution in [0.2, 0.25) is 5.28 Å². The molecular formula is C28H17ClN2O2. The second-order valence-electron chi connectivity index (χ2n) is 8.30. The Morgan fingerprint density at radius 1 is 0.848 bits per heavy atom. The molecule has 0 amide bonds. The largest absolute Gasteiger partial charge is 0.456 e. The van der Waals surface area contributed by atoms with Crippen molar-refractivity contribution in [3.8, 4) is 17.1 Å². The van der Waals surface area contributed by atoms with Crippen LogP contribution in [0.3, 0.4) is 0 Å². The van der Waals surface area contributed by atoms with E-state index in [1.807, 2.05) is 48.5 Å². The lowest BCUT2D eigenvalue weighted by molar-refractivity contribution is 0.412. The first-order chi connectivity index (χ1) is 16.3. The number of halogens is 1. The Bertz CT molecular complexity index is 1630. The molecule has 1 aliphatic carbocycles. The van der Waals surface area contributed by atoms with E-state index in [1.165, 1.54) is 5.56 Å². The van der Waals surface area contributed by atoms with Crippen molar-refractivity contribution >= 4 is 39.1 Å². The maximum atomic E-state index is 6.39. The van der Waals surface area contributed by atoms with Gasteiger partial charge in [0.1, 0.15) is 16.9 Å². The fraction of sp³-hybridized carbons (Fsp3) is 0.0714. The van der Waals surface area contributed by atoms with Crippen LogP contribution in [-0.4, -0.2) is 9.97 Å². The third kappa shape index (κ3) is 2.84. The molecule has 4 nitrogen and oxygen atoms in total. The molecule has 0 radical (unpaired) electrons. The number of aromatic nitrogens is 2. The van der Waals surface area contributed by atoms with Crippen LogP contribution in [0.1, 0.15) is 23.5 Å². The monoisotopic (exact) mass is 448 g/mol. The van der Waals surface area contributed by atoms with Crippen LogP contribution >= 0.6 is 11.6 Å². The van der Waals surface area contributed by atoms with Gasteiger partial charge in [-0.2, -0.15) is 4.98 Å². The molecule has 2 aromatic heterocycles. The van der Waals surface area contributed by atoms with E-state index in [1.54, 1.807) is 0 Å². The standard InChI is InChI=1S/C28H17ClN2O2/c29-28-30-26(20-10-6-12-22-24(20)18-9-4-5-11-21(18)32-22)25-19-14-13-17(16-7-2-1-3-8-16)15-23(19)33-27(25)31-28/h1-13,15,19H,14H2. The van der Waals surface area contributed by atoms with Gasteiger partial charge in [-0.3, -0.25) is 0 Å². The summed E-state index contributed by atoms with van der Waals surface area (Å²) in [6.07, 6.45) is 5.17. The zero-order chi connectivity index (χ0) is 21.9. The molecule has 5 aromatic rings. The number of ether oxygens (including phenoxy) is 1. The van der Waals surface area contributed by atoms with E-state index in [2.05, 4.69) is 41.4 Å². The van der Waals surface area contributed by atoms with Gasteiger partial charge in [-0.1, -0.05) is 66.7 Å². The number of rotatable bonds is 2. The van der Waals surface area contributed by atoms with Crippen molar-refractivity contribution in [1.29, 1.82) is 0 Å². The average molecular weight is 449 g/mol. The fourth-order valence-electron chi connectivity index (χ4n) is 4.97. The Morgan fingerprint density at radius 3 is 2.58 bits per heavy atom. The van der Waals surface area contributed by atoms with Crippen LogP contribution < -0.4 is 4.74 Å². The first kappa shape index (κ1) is 18.7. The summed E-state index contributed by atoms with van der Waals surface area (Å²) in [5.41, 5.74) is 6.74. The van der Waals surface area contributed by atoms with E-state index in [0.29, 0.717) is 5.88 Å². The molecule has 2 aliphatic rings. The zero-order valence-corrected chi connectivity index (χ0v) is 18.2. The summed E-state index contributed by atoms with van der Waals surface area (Å²) in [5.74, 6) is 1.47. The first-order valence-corrected chi connectivity index (χ1v) is 11.3. The van der Waals surface area contributed by atoms with Gasteiger partial charge < -0.3 is 9.15 Å². The summed E-state index contributed by atoms with van der Waals surface area (Å²) in [6.45, 7) is 0. The molecule has 1 atom stereocenters. The molecule has 0 saturated heterocycles. The minimum atomic E-state index is 0.0492. The van der Waals surface area contributed by atoms with E-state index >= 15 is 0 Å². The topological polar surface area (TPSA) is 48.2 Å². The highest BCUT2D eigenvalue weighted by Crippen LogP contribution is 2.50. The fourth-order valence-corrected chi connectivity index (χ4v) is 5.13. The average Bonchev–Trinajstić information content (AvgIpc) is 3.41. The Hall–Kier alpha value is -3.89. The highest BCUT2D eigenvalue weighted by atomic mass is 35.5. The molecule has 1 unspecified atom stereocenters. The van der Waals surface area contributed by atoms with E-state index in [-0.39, 0.29) is 11.2 Å². The van der Waals surface area contributed by atoms with Crippen LogP contribution in [0.25, 0.3) is 38.8 Å². The van der Waals surface area contributed by atoms with Crippen molar-refractivity contribution in [2.24, 2.45) is 0 Å². The summed E-state index contributed by atoms with van der Waals surface area (Å²) in [6, 6.07) is 24.4.